The molecule has 0 atom stereocenters. The van der Waals surface area contributed by atoms with E-state index in [2.05, 4.69) is 25.3 Å². The maximum atomic E-state index is 13.1. The first-order chi connectivity index (χ1) is 14.1. The van der Waals surface area contributed by atoms with Crippen molar-refractivity contribution in [1.82, 2.24) is 25.1 Å². The molecule has 0 spiro atoms. The molecule has 3 aromatic rings. The lowest BCUT2D eigenvalue weighted by Crippen LogP contribution is -2.37. The summed E-state index contributed by atoms with van der Waals surface area (Å²) in [5.41, 5.74) is 1.74. The molecule has 1 amide bonds. The van der Waals surface area contributed by atoms with Crippen LogP contribution in [0.15, 0.2) is 42.6 Å². The van der Waals surface area contributed by atoms with Gasteiger partial charge in [-0.1, -0.05) is 0 Å². The topological polar surface area (TPSA) is 85.2 Å². The quantitative estimate of drug-likeness (QED) is 0.708. The second kappa shape index (κ2) is 8.36. The Bertz CT molecular complexity index is 998. The maximum absolute atomic E-state index is 13.1. The number of halogens is 1. The molecule has 1 N–H and O–H groups in total. The number of ether oxygens (including phenoxy) is 1. The van der Waals surface area contributed by atoms with Crippen LogP contribution < -0.4 is 10.2 Å². The van der Waals surface area contributed by atoms with Crippen LogP contribution in [0.3, 0.4) is 0 Å². The van der Waals surface area contributed by atoms with Crippen molar-refractivity contribution in [3.05, 3.63) is 59.9 Å². The predicted octanol–water partition coefficient (Wildman–Crippen LogP) is 1.78. The van der Waals surface area contributed by atoms with E-state index < -0.39 is 0 Å². The van der Waals surface area contributed by atoms with Crippen LogP contribution in [0.25, 0.3) is 11.3 Å². The summed E-state index contributed by atoms with van der Waals surface area (Å²) in [5, 5.41) is 7.18. The summed E-state index contributed by atoms with van der Waals surface area (Å²) in [6.45, 7) is 3.11. The minimum Gasteiger partial charge on any atom is -0.378 e. The second-order valence-corrected chi connectivity index (χ2v) is 6.66. The molecule has 1 saturated heterocycles. The zero-order valence-electron chi connectivity index (χ0n) is 16.0. The Hall–Kier alpha value is -3.33. The van der Waals surface area contributed by atoms with Gasteiger partial charge in [-0.05, 0) is 36.4 Å². The molecule has 0 unspecified atom stereocenters. The SMILES string of the molecule is Cn1nc(-c2ccc(F)cc2)cc1C(=O)NCc1nccc(N2CCOCC2)n1. The average molecular weight is 396 g/mol. The number of rotatable bonds is 5. The number of nitrogens with one attached hydrogen (secondary N) is 1. The van der Waals surface area contributed by atoms with Crippen LogP contribution in [0.4, 0.5) is 10.2 Å². The molecule has 29 heavy (non-hydrogen) atoms. The normalized spacial score (nSPS) is 14.1. The molecule has 1 aliphatic rings. The number of benzene rings is 1. The third kappa shape index (κ3) is 4.40. The first-order valence-electron chi connectivity index (χ1n) is 9.33. The number of hydrogen-bond donors (Lipinski definition) is 1. The first-order valence-corrected chi connectivity index (χ1v) is 9.33. The van der Waals surface area contributed by atoms with Crippen molar-refractivity contribution in [1.29, 1.82) is 0 Å². The van der Waals surface area contributed by atoms with Gasteiger partial charge in [0.2, 0.25) is 0 Å². The highest BCUT2D eigenvalue weighted by atomic mass is 19.1. The van der Waals surface area contributed by atoms with Crippen molar-refractivity contribution >= 4 is 11.7 Å². The van der Waals surface area contributed by atoms with Gasteiger partial charge < -0.3 is 15.0 Å². The number of aryl methyl sites for hydroxylation is 1. The molecule has 3 heterocycles. The fourth-order valence-corrected chi connectivity index (χ4v) is 3.13. The molecule has 0 radical (unpaired) electrons. The van der Waals surface area contributed by atoms with Crippen molar-refractivity contribution in [2.45, 2.75) is 6.54 Å². The highest BCUT2D eigenvalue weighted by Crippen LogP contribution is 2.19. The molecule has 1 aromatic carbocycles. The lowest BCUT2D eigenvalue weighted by molar-refractivity contribution is 0.0940. The largest absolute Gasteiger partial charge is 0.378 e. The van der Waals surface area contributed by atoms with Crippen LogP contribution in [0.5, 0.6) is 0 Å². The maximum Gasteiger partial charge on any atom is 0.269 e. The summed E-state index contributed by atoms with van der Waals surface area (Å²) in [4.78, 5) is 23.5. The fourth-order valence-electron chi connectivity index (χ4n) is 3.13. The molecular formula is C20H21FN6O2. The van der Waals surface area contributed by atoms with Gasteiger partial charge in [-0.15, -0.1) is 0 Å². The van der Waals surface area contributed by atoms with Gasteiger partial charge in [-0.2, -0.15) is 5.10 Å². The molecular weight excluding hydrogens is 375 g/mol. The monoisotopic (exact) mass is 396 g/mol. The van der Waals surface area contributed by atoms with Crippen molar-refractivity contribution in [2.75, 3.05) is 31.2 Å². The zero-order chi connectivity index (χ0) is 20.2. The van der Waals surface area contributed by atoms with Gasteiger partial charge in [0.25, 0.3) is 5.91 Å². The zero-order valence-corrected chi connectivity index (χ0v) is 16.0. The molecule has 4 rings (SSSR count). The van der Waals surface area contributed by atoms with Gasteiger partial charge in [0, 0.05) is 31.9 Å². The number of carbonyl (C=O) groups excluding carboxylic acids is 1. The summed E-state index contributed by atoms with van der Waals surface area (Å²) in [6, 6.07) is 9.51. The molecule has 1 aliphatic heterocycles. The third-order valence-corrected chi connectivity index (χ3v) is 4.69. The Balaban J connectivity index is 1.43. The van der Waals surface area contributed by atoms with Crippen molar-refractivity contribution < 1.29 is 13.9 Å². The van der Waals surface area contributed by atoms with Crippen molar-refractivity contribution in [3.63, 3.8) is 0 Å². The Kier molecular flexibility index (Phi) is 5.48. The minimum absolute atomic E-state index is 0.202. The molecule has 0 bridgehead atoms. The molecule has 8 nitrogen and oxygen atoms in total. The Morgan fingerprint density at radius 3 is 2.72 bits per heavy atom. The Labute approximate surface area is 167 Å². The lowest BCUT2D eigenvalue weighted by atomic mass is 10.1. The number of carbonyl (C=O) groups is 1. The number of hydrogen-bond acceptors (Lipinski definition) is 6. The highest BCUT2D eigenvalue weighted by molar-refractivity contribution is 5.93. The summed E-state index contributed by atoms with van der Waals surface area (Å²) in [7, 11) is 1.69. The van der Waals surface area contributed by atoms with E-state index in [9.17, 15) is 9.18 Å². The van der Waals surface area contributed by atoms with Crippen LogP contribution in [0.2, 0.25) is 0 Å². The lowest BCUT2D eigenvalue weighted by Gasteiger charge is -2.27. The minimum atomic E-state index is -0.318. The Morgan fingerprint density at radius 1 is 1.21 bits per heavy atom. The number of nitrogens with zero attached hydrogens (tertiary/aromatic N) is 5. The number of morpholine rings is 1. The second-order valence-electron chi connectivity index (χ2n) is 6.66. The van der Waals surface area contributed by atoms with E-state index in [1.165, 1.54) is 16.8 Å². The van der Waals surface area contributed by atoms with E-state index in [0.717, 1.165) is 24.5 Å². The predicted molar refractivity (Wildman–Crippen MR) is 105 cm³/mol. The van der Waals surface area contributed by atoms with E-state index in [4.69, 9.17) is 4.74 Å². The molecule has 2 aromatic heterocycles. The van der Waals surface area contributed by atoms with E-state index >= 15 is 0 Å². The van der Waals surface area contributed by atoms with Crippen molar-refractivity contribution in [2.24, 2.45) is 7.05 Å². The van der Waals surface area contributed by atoms with Gasteiger partial charge in [0.15, 0.2) is 0 Å². The van der Waals surface area contributed by atoms with Crippen LogP contribution >= 0.6 is 0 Å². The average Bonchev–Trinajstić information content (AvgIpc) is 3.15. The summed E-state index contributed by atoms with van der Waals surface area (Å²) in [6.07, 6.45) is 1.69. The molecule has 150 valence electrons. The Morgan fingerprint density at radius 2 is 1.97 bits per heavy atom. The molecule has 1 fully saturated rings. The number of aromatic nitrogens is 4. The van der Waals surface area contributed by atoms with Crippen LogP contribution in [0.1, 0.15) is 16.3 Å². The highest BCUT2D eigenvalue weighted by Gasteiger charge is 2.16. The van der Waals surface area contributed by atoms with Crippen LogP contribution in [0, 0.1) is 5.82 Å². The van der Waals surface area contributed by atoms with Gasteiger partial charge in [-0.3, -0.25) is 9.48 Å². The van der Waals surface area contributed by atoms with Gasteiger partial charge >= 0.3 is 0 Å². The van der Waals surface area contributed by atoms with E-state index in [0.29, 0.717) is 30.4 Å². The van der Waals surface area contributed by atoms with Crippen LogP contribution in [-0.2, 0) is 18.3 Å². The molecule has 0 saturated carbocycles. The van der Waals surface area contributed by atoms with Gasteiger partial charge in [0.1, 0.15) is 23.2 Å². The summed E-state index contributed by atoms with van der Waals surface area (Å²) >= 11 is 0. The summed E-state index contributed by atoms with van der Waals surface area (Å²) in [5.74, 6) is 0.755. The fraction of sp³-hybridized carbons (Fsp3) is 0.300. The smallest absolute Gasteiger partial charge is 0.269 e. The van der Waals surface area contributed by atoms with E-state index in [1.54, 1.807) is 31.4 Å². The van der Waals surface area contributed by atoms with Crippen LogP contribution in [-0.4, -0.2) is 52.0 Å². The standard InChI is InChI=1S/C20H21FN6O2/c1-26-17(12-16(25-26)14-2-4-15(21)5-3-14)20(28)23-13-18-22-7-6-19(24-18)27-8-10-29-11-9-27/h2-7,12H,8-11,13H2,1H3,(H,23,28). The van der Waals surface area contributed by atoms with Gasteiger partial charge in [-0.25, -0.2) is 14.4 Å². The third-order valence-electron chi connectivity index (χ3n) is 4.69. The molecule has 0 aliphatic carbocycles. The molecule has 9 heteroatoms. The first kappa shape index (κ1) is 19.0. The number of amides is 1. The van der Waals surface area contributed by atoms with E-state index in [1.807, 2.05) is 6.07 Å². The summed E-state index contributed by atoms with van der Waals surface area (Å²) < 4.78 is 20.0. The number of anilines is 1. The van der Waals surface area contributed by atoms with Gasteiger partial charge in [0.05, 0.1) is 25.5 Å². The van der Waals surface area contributed by atoms with E-state index in [-0.39, 0.29) is 18.3 Å². The van der Waals surface area contributed by atoms with Crippen molar-refractivity contribution in [3.8, 4) is 11.3 Å².